The molecule has 0 bridgehead atoms. The van der Waals surface area contributed by atoms with Gasteiger partial charge in [-0.2, -0.15) is 0 Å². The molecule has 0 radical (unpaired) electrons. The zero-order valence-electron chi connectivity index (χ0n) is 12.3. The Kier molecular flexibility index (Phi) is 5.91. The van der Waals surface area contributed by atoms with E-state index in [0.717, 1.165) is 0 Å². The van der Waals surface area contributed by atoms with Gasteiger partial charge in [0, 0.05) is 19.4 Å². The van der Waals surface area contributed by atoms with Crippen LogP contribution in [-0.4, -0.2) is 65.7 Å². The average Bonchev–Trinajstić information content (AvgIpc) is 2.47. The van der Waals surface area contributed by atoms with Gasteiger partial charge in [0.05, 0.1) is 25.4 Å². The Hall–Kier alpha value is -0.730. The van der Waals surface area contributed by atoms with Gasteiger partial charge in [0.25, 0.3) is 5.79 Å². The fraction of sp³-hybridized carbons (Fsp3) is 0.923. The fourth-order valence-electron chi connectivity index (χ4n) is 2.40. The van der Waals surface area contributed by atoms with E-state index >= 15 is 0 Å². The Balaban J connectivity index is 3.02. The standard InChI is InChI=1S/C13H24O7/c1-5-8(14)10(16)11-7(2)9(15)6-13(19-4,20-11)12(17)18-3/h7-11,14-16H,5-6H2,1-4H3/t7-,8-,9-,10-,11?,13?/m1/s1. The third-order valence-electron chi connectivity index (χ3n) is 3.90. The number of carbonyl (C=O) groups is 1. The van der Waals surface area contributed by atoms with Gasteiger partial charge in [-0.3, -0.25) is 0 Å². The minimum Gasteiger partial charge on any atom is -0.465 e. The van der Waals surface area contributed by atoms with E-state index in [1.165, 1.54) is 14.2 Å². The number of aliphatic hydroxyl groups excluding tert-OH is 3. The smallest absolute Gasteiger partial charge is 0.366 e. The minimum atomic E-state index is -1.76. The van der Waals surface area contributed by atoms with Crippen LogP contribution in [0.4, 0.5) is 0 Å². The number of hydrogen-bond acceptors (Lipinski definition) is 7. The number of ether oxygens (including phenoxy) is 3. The van der Waals surface area contributed by atoms with Gasteiger partial charge in [0.2, 0.25) is 0 Å². The largest absolute Gasteiger partial charge is 0.465 e. The highest BCUT2D eigenvalue weighted by Crippen LogP contribution is 2.36. The summed E-state index contributed by atoms with van der Waals surface area (Å²) in [7, 11) is 2.45. The predicted molar refractivity (Wildman–Crippen MR) is 68.7 cm³/mol. The van der Waals surface area contributed by atoms with Crippen molar-refractivity contribution in [3.63, 3.8) is 0 Å². The van der Waals surface area contributed by atoms with Crippen LogP contribution in [0.1, 0.15) is 26.7 Å². The first-order chi connectivity index (χ1) is 9.32. The van der Waals surface area contributed by atoms with Crippen molar-refractivity contribution in [1.82, 2.24) is 0 Å². The zero-order valence-corrected chi connectivity index (χ0v) is 12.3. The SMILES string of the molecule is CC[C@@H](O)[C@@H](O)C1OC(OC)(C(=O)OC)C[C@@H](O)[C@H]1C. The summed E-state index contributed by atoms with van der Waals surface area (Å²) >= 11 is 0. The Labute approximate surface area is 118 Å². The lowest BCUT2D eigenvalue weighted by Gasteiger charge is -2.45. The molecule has 7 heteroatoms. The summed E-state index contributed by atoms with van der Waals surface area (Å²) in [6, 6.07) is 0. The predicted octanol–water partition coefficient (Wildman–Crippen LogP) is -0.580. The summed E-state index contributed by atoms with van der Waals surface area (Å²) in [5.74, 6) is -3.01. The Morgan fingerprint density at radius 2 is 2.05 bits per heavy atom. The molecule has 0 aliphatic carbocycles. The van der Waals surface area contributed by atoms with Crippen LogP contribution in [0, 0.1) is 5.92 Å². The molecule has 1 fully saturated rings. The van der Waals surface area contributed by atoms with Crippen molar-refractivity contribution in [2.45, 2.75) is 56.9 Å². The van der Waals surface area contributed by atoms with Crippen LogP contribution >= 0.6 is 0 Å². The maximum absolute atomic E-state index is 11.9. The van der Waals surface area contributed by atoms with Crippen LogP contribution in [-0.2, 0) is 19.0 Å². The van der Waals surface area contributed by atoms with E-state index in [9.17, 15) is 20.1 Å². The minimum absolute atomic E-state index is 0.0945. The zero-order chi connectivity index (χ0) is 15.5. The Morgan fingerprint density at radius 1 is 1.45 bits per heavy atom. The lowest BCUT2D eigenvalue weighted by atomic mass is 9.84. The molecule has 0 saturated carbocycles. The molecule has 1 saturated heterocycles. The van der Waals surface area contributed by atoms with E-state index in [0.29, 0.717) is 6.42 Å². The van der Waals surface area contributed by atoms with Gasteiger partial charge in [-0.05, 0) is 6.42 Å². The topological polar surface area (TPSA) is 105 Å². The van der Waals surface area contributed by atoms with Gasteiger partial charge in [-0.15, -0.1) is 0 Å². The van der Waals surface area contributed by atoms with Crippen LogP contribution in [0.25, 0.3) is 0 Å². The summed E-state index contributed by atoms with van der Waals surface area (Å²) in [6.07, 6.45) is -3.88. The van der Waals surface area contributed by atoms with Gasteiger partial charge in [-0.1, -0.05) is 13.8 Å². The number of aliphatic hydroxyl groups is 3. The molecule has 1 heterocycles. The number of hydrogen-bond donors (Lipinski definition) is 3. The molecule has 0 aromatic heterocycles. The van der Waals surface area contributed by atoms with E-state index in [1.54, 1.807) is 13.8 Å². The quantitative estimate of drug-likeness (QED) is 0.582. The van der Waals surface area contributed by atoms with E-state index in [-0.39, 0.29) is 6.42 Å². The lowest BCUT2D eigenvalue weighted by Crippen LogP contribution is -2.60. The molecule has 118 valence electrons. The molecular weight excluding hydrogens is 268 g/mol. The van der Waals surface area contributed by atoms with E-state index in [4.69, 9.17) is 9.47 Å². The number of rotatable bonds is 5. The molecule has 0 spiro atoms. The summed E-state index contributed by atoms with van der Waals surface area (Å²) in [5, 5.41) is 30.0. The molecule has 0 aromatic rings. The van der Waals surface area contributed by atoms with E-state index in [2.05, 4.69) is 4.74 Å². The summed E-state index contributed by atoms with van der Waals surface area (Å²) < 4.78 is 15.3. The fourth-order valence-corrected chi connectivity index (χ4v) is 2.40. The van der Waals surface area contributed by atoms with Crippen molar-refractivity contribution in [2.75, 3.05) is 14.2 Å². The molecule has 7 nitrogen and oxygen atoms in total. The van der Waals surface area contributed by atoms with Gasteiger partial charge in [0.15, 0.2) is 0 Å². The summed E-state index contributed by atoms with van der Waals surface area (Å²) in [4.78, 5) is 11.9. The number of esters is 1. The highest BCUT2D eigenvalue weighted by Gasteiger charge is 2.53. The van der Waals surface area contributed by atoms with Crippen molar-refractivity contribution in [3.05, 3.63) is 0 Å². The molecule has 1 rings (SSSR count). The van der Waals surface area contributed by atoms with Crippen LogP contribution in [0.2, 0.25) is 0 Å². The van der Waals surface area contributed by atoms with E-state index in [1.807, 2.05) is 0 Å². The van der Waals surface area contributed by atoms with Crippen LogP contribution in [0.5, 0.6) is 0 Å². The number of carbonyl (C=O) groups excluding carboxylic acids is 1. The molecular formula is C13H24O7. The first-order valence-electron chi connectivity index (χ1n) is 6.68. The second kappa shape index (κ2) is 6.82. The first kappa shape index (κ1) is 17.3. The van der Waals surface area contributed by atoms with Crippen molar-refractivity contribution in [3.8, 4) is 0 Å². The molecule has 20 heavy (non-hydrogen) atoms. The lowest BCUT2D eigenvalue weighted by molar-refractivity contribution is -0.311. The maximum atomic E-state index is 11.9. The van der Waals surface area contributed by atoms with Gasteiger partial charge < -0.3 is 29.5 Å². The normalized spacial score (nSPS) is 37.2. The second-order valence-electron chi connectivity index (χ2n) is 5.13. The van der Waals surface area contributed by atoms with Crippen molar-refractivity contribution >= 4 is 5.97 Å². The first-order valence-corrected chi connectivity index (χ1v) is 6.68. The molecule has 1 aliphatic heterocycles. The summed E-state index contributed by atoms with van der Waals surface area (Å²) in [5.41, 5.74) is 0. The van der Waals surface area contributed by atoms with Crippen LogP contribution in [0.15, 0.2) is 0 Å². The highest BCUT2D eigenvalue weighted by molar-refractivity contribution is 5.78. The van der Waals surface area contributed by atoms with Gasteiger partial charge >= 0.3 is 5.97 Å². The third kappa shape index (κ3) is 3.12. The Bertz CT molecular complexity index is 335. The van der Waals surface area contributed by atoms with Gasteiger partial charge in [-0.25, -0.2) is 4.79 Å². The maximum Gasteiger partial charge on any atom is 0.366 e. The number of methoxy groups -OCH3 is 2. The Morgan fingerprint density at radius 3 is 2.50 bits per heavy atom. The second-order valence-corrected chi connectivity index (χ2v) is 5.13. The molecule has 3 N–H and O–H groups in total. The molecule has 0 aromatic carbocycles. The summed E-state index contributed by atoms with van der Waals surface area (Å²) in [6.45, 7) is 3.39. The van der Waals surface area contributed by atoms with Crippen molar-refractivity contribution in [1.29, 1.82) is 0 Å². The molecule has 0 amide bonds. The van der Waals surface area contributed by atoms with Crippen molar-refractivity contribution in [2.24, 2.45) is 5.92 Å². The van der Waals surface area contributed by atoms with Crippen LogP contribution < -0.4 is 0 Å². The average molecular weight is 292 g/mol. The van der Waals surface area contributed by atoms with E-state index < -0.39 is 42.1 Å². The van der Waals surface area contributed by atoms with Crippen LogP contribution in [0.3, 0.4) is 0 Å². The molecule has 6 atom stereocenters. The van der Waals surface area contributed by atoms with Crippen molar-refractivity contribution < 1.29 is 34.3 Å². The monoisotopic (exact) mass is 292 g/mol. The van der Waals surface area contributed by atoms with Gasteiger partial charge in [0.1, 0.15) is 6.10 Å². The molecule has 1 aliphatic rings. The molecule has 2 unspecified atom stereocenters. The highest BCUT2D eigenvalue weighted by atomic mass is 16.7. The third-order valence-corrected chi connectivity index (χ3v) is 3.90.